The molecule has 9 heteroatoms. The summed E-state index contributed by atoms with van der Waals surface area (Å²) in [5.74, 6) is -1.41. The van der Waals surface area contributed by atoms with Crippen LogP contribution in [0.15, 0.2) is 0 Å². The van der Waals surface area contributed by atoms with E-state index in [0.717, 1.165) is 0 Å². The quantitative estimate of drug-likeness (QED) is 0.117. The van der Waals surface area contributed by atoms with Gasteiger partial charge < -0.3 is 16.2 Å². The molecule has 0 aromatic heterocycles. The molecular formula is C7H15N5O4. The van der Waals surface area contributed by atoms with E-state index in [2.05, 4.69) is 5.32 Å². The van der Waals surface area contributed by atoms with Crippen molar-refractivity contribution in [1.29, 1.82) is 5.41 Å². The van der Waals surface area contributed by atoms with Crippen LogP contribution in [0, 0.1) is 15.5 Å². The molecule has 0 aromatic carbocycles. The summed E-state index contributed by atoms with van der Waals surface area (Å²) in [6.07, 6.45) is 1.22. The first-order valence-electron chi connectivity index (χ1n) is 4.64. The van der Waals surface area contributed by atoms with Gasteiger partial charge in [-0.05, 0) is 19.3 Å². The van der Waals surface area contributed by atoms with E-state index in [0.29, 0.717) is 19.4 Å². The molecule has 0 spiro atoms. The monoisotopic (exact) mass is 233 g/mol. The molecule has 0 saturated carbocycles. The average molecular weight is 233 g/mol. The van der Waals surface area contributed by atoms with E-state index in [1.807, 2.05) is 0 Å². The van der Waals surface area contributed by atoms with Crippen molar-refractivity contribution >= 4 is 11.9 Å². The number of hydrazine groups is 1. The van der Waals surface area contributed by atoms with Crippen LogP contribution in [0.2, 0.25) is 0 Å². The molecule has 1 atom stereocenters. The number of hydrogen-bond donors (Lipinski definition) is 5. The van der Waals surface area contributed by atoms with Gasteiger partial charge in [-0.25, -0.2) is 14.9 Å². The fourth-order valence-electron chi connectivity index (χ4n) is 1.07. The first-order valence-corrected chi connectivity index (χ1v) is 4.64. The minimum Gasteiger partial charge on any atom is -0.480 e. The Hall–Kier alpha value is -2.06. The molecule has 0 fully saturated rings. The van der Waals surface area contributed by atoms with E-state index in [4.69, 9.17) is 16.2 Å². The van der Waals surface area contributed by atoms with Gasteiger partial charge in [0, 0.05) is 6.54 Å². The van der Waals surface area contributed by atoms with Gasteiger partial charge in [0.15, 0.2) is 17.0 Å². The van der Waals surface area contributed by atoms with Gasteiger partial charge in [0.1, 0.15) is 0 Å². The maximum absolute atomic E-state index is 10.6. The Bertz CT molecular complexity index is 270. The Labute approximate surface area is 91.6 Å². The second kappa shape index (κ2) is 7.26. The zero-order chi connectivity index (χ0) is 12.6. The highest BCUT2D eigenvalue weighted by Gasteiger charge is 2.20. The van der Waals surface area contributed by atoms with Gasteiger partial charge in [-0.1, -0.05) is 0 Å². The van der Waals surface area contributed by atoms with Crippen LogP contribution < -0.4 is 16.5 Å². The molecule has 0 rings (SSSR count). The third kappa shape index (κ3) is 7.35. The zero-order valence-electron chi connectivity index (χ0n) is 8.60. The summed E-state index contributed by atoms with van der Waals surface area (Å²) in [5, 5.41) is 27.2. The number of carboxylic acids is 1. The van der Waals surface area contributed by atoms with Crippen molar-refractivity contribution in [2.24, 2.45) is 5.73 Å². The third-order valence-corrected chi connectivity index (χ3v) is 1.79. The van der Waals surface area contributed by atoms with Crippen molar-refractivity contribution in [3.63, 3.8) is 0 Å². The van der Waals surface area contributed by atoms with Gasteiger partial charge in [0.2, 0.25) is 0 Å². The number of nitrogens with two attached hydrogens (primary N) is 1. The number of unbranched alkanes of at least 4 members (excludes halogenated alkanes) is 1. The summed E-state index contributed by atoms with van der Waals surface area (Å²) in [6.45, 7) is 0.445. The van der Waals surface area contributed by atoms with Gasteiger partial charge in [0.05, 0.1) is 0 Å². The topological polar surface area (TPSA) is 154 Å². The molecule has 0 aliphatic rings. The minimum absolute atomic E-state index is 0.149. The highest BCUT2D eigenvalue weighted by atomic mass is 16.7. The maximum Gasteiger partial charge on any atom is 0.332 e. The molecule has 0 unspecified atom stereocenters. The molecule has 0 radical (unpaired) electrons. The van der Waals surface area contributed by atoms with E-state index >= 15 is 0 Å². The van der Waals surface area contributed by atoms with Crippen molar-refractivity contribution in [3.8, 4) is 0 Å². The summed E-state index contributed by atoms with van der Waals surface area (Å²) in [5.41, 5.74) is 6.74. The fraction of sp³-hybridized carbons (Fsp3) is 0.714. The summed E-state index contributed by atoms with van der Waals surface area (Å²) < 4.78 is 0. The van der Waals surface area contributed by atoms with Gasteiger partial charge in [-0.15, -0.1) is 5.43 Å². The van der Waals surface area contributed by atoms with Crippen molar-refractivity contribution in [3.05, 3.63) is 10.1 Å². The summed E-state index contributed by atoms with van der Waals surface area (Å²) >= 11 is 0. The lowest BCUT2D eigenvalue weighted by molar-refractivity contribution is -0.549. The number of nitrogens with zero attached hydrogens (tertiary/aromatic N) is 1. The Balaban J connectivity index is 3.72. The normalized spacial score (nSPS) is 11.5. The van der Waals surface area contributed by atoms with Gasteiger partial charge in [-0.2, -0.15) is 0 Å². The van der Waals surface area contributed by atoms with Crippen LogP contribution in [0.25, 0.3) is 0 Å². The van der Waals surface area contributed by atoms with Crippen LogP contribution in [0.1, 0.15) is 19.3 Å². The maximum atomic E-state index is 10.6. The predicted octanol–water partition coefficient (Wildman–Crippen LogP) is -1.13. The first-order chi connectivity index (χ1) is 7.43. The predicted molar refractivity (Wildman–Crippen MR) is 55.3 cm³/mol. The molecule has 16 heavy (non-hydrogen) atoms. The fourth-order valence-corrected chi connectivity index (χ4v) is 1.07. The average Bonchev–Trinajstić information content (AvgIpc) is 2.14. The Kier molecular flexibility index (Phi) is 6.33. The molecule has 0 bridgehead atoms. The van der Waals surface area contributed by atoms with E-state index in [-0.39, 0.29) is 12.4 Å². The van der Waals surface area contributed by atoms with Gasteiger partial charge in [0.25, 0.3) is 0 Å². The number of hydrogen-bond acceptors (Lipinski definition) is 4. The number of aliphatic carboxylic acids is 1. The van der Waals surface area contributed by atoms with Crippen LogP contribution in [-0.4, -0.2) is 34.7 Å². The minimum atomic E-state index is -1.25. The molecular weight excluding hydrogens is 218 g/mol. The van der Waals surface area contributed by atoms with Crippen LogP contribution in [0.4, 0.5) is 0 Å². The zero-order valence-corrected chi connectivity index (χ0v) is 8.60. The molecule has 9 nitrogen and oxygen atoms in total. The van der Waals surface area contributed by atoms with Crippen LogP contribution >= 0.6 is 0 Å². The standard InChI is InChI=1S/C7H15N5O4/c8-7(9)10-4-2-1-3-5(6(13)14)11-12(15)16/h5,11H,1-4H2,(H,13,14)(H4,8,9,10)/t5-/m0/s1. The first kappa shape index (κ1) is 13.9. The lowest BCUT2D eigenvalue weighted by Gasteiger charge is -2.08. The van der Waals surface area contributed by atoms with E-state index < -0.39 is 17.0 Å². The Morgan fingerprint density at radius 2 is 2.19 bits per heavy atom. The molecule has 0 heterocycles. The van der Waals surface area contributed by atoms with Crippen molar-refractivity contribution in [2.75, 3.05) is 6.54 Å². The van der Waals surface area contributed by atoms with Crippen LogP contribution in [0.5, 0.6) is 0 Å². The molecule has 0 aliphatic heterocycles. The number of rotatable bonds is 8. The summed E-state index contributed by atoms with van der Waals surface area (Å²) in [6, 6.07) is -1.19. The number of nitro groups is 1. The molecule has 6 N–H and O–H groups in total. The SMILES string of the molecule is N=C(N)NCCCC[C@H](N[N+](=O)[O-])C(=O)O. The third-order valence-electron chi connectivity index (χ3n) is 1.79. The summed E-state index contributed by atoms with van der Waals surface area (Å²) in [7, 11) is 0. The molecule has 0 amide bonds. The molecule has 0 aromatic rings. The van der Waals surface area contributed by atoms with Crippen LogP contribution in [0.3, 0.4) is 0 Å². The van der Waals surface area contributed by atoms with Crippen molar-refractivity contribution in [2.45, 2.75) is 25.3 Å². The van der Waals surface area contributed by atoms with Gasteiger partial charge >= 0.3 is 5.97 Å². The summed E-state index contributed by atoms with van der Waals surface area (Å²) in [4.78, 5) is 20.6. The van der Waals surface area contributed by atoms with E-state index in [1.54, 1.807) is 5.43 Å². The van der Waals surface area contributed by atoms with E-state index in [9.17, 15) is 14.9 Å². The highest BCUT2D eigenvalue weighted by molar-refractivity contribution is 5.74. The highest BCUT2D eigenvalue weighted by Crippen LogP contribution is 2.00. The number of carbonyl (C=O) groups is 1. The van der Waals surface area contributed by atoms with E-state index in [1.165, 1.54) is 0 Å². The second-order valence-electron chi connectivity index (χ2n) is 3.11. The largest absolute Gasteiger partial charge is 0.480 e. The van der Waals surface area contributed by atoms with Crippen LogP contribution in [-0.2, 0) is 4.79 Å². The van der Waals surface area contributed by atoms with Gasteiger partial charge in [-0.3, -0.25) is 5.41 Å². The molecule has 0 aliphatic carbocycles. The molecule has 92 valence electrons. The number of carboxylic acid groups (broad SMARTS) is 1. The lowest BCUT2D eigenvalue weighted by Crippen LogP contribution is -2.40. The smallest absolute Gasteiger partial charge is 0.332 e. The lowest BCUT2D eigenvalue weighted by atomic mass is 10.1. The number of nitrogens with one attached hydrogen (secondary N) is 3. The number of guanidine groups is 1. The van der Waals surface area contributed by atoms with Crippen molar-refractivity contribution < 1.29 is 14.9 Å². The second-order valence-corrected chi connectivity index (χ2v) is 3.11. The molecule has 0 saturated heterocycles. The Morgan fingerprint density at radius 3 is 2.62 bits per heavy atom. The van der Waals surface area contributed by atoms with Crippen molar-refractivity contribution in [1.82, 2.24) is 10.7 Å². The Morgan fingerprint density at radius 1 is 1.56 bits per heavy atom.